The average Bonchev–Trinajstić information content (AvgIpc) is 2.62. The first-order valence-corrected chi connectivity index (χ1v) is 6.43. The van der Waals surface area contributed by atoms with Crippen molar-refractivity contribution < 1.29 is 4.79 Å². The van der Waals surface area contributed by atoms with Gasteiger partial charge in [-0.25, -0.2) is 4.98 Å². The number of fused-ring (bicyclic) bond motifs is 3. The molecule has 1 atom stereocenters. The van der Waals surface area contributed by atoms with Crippen molar-refractivity contribution in [1.29, 1.82) is 0 Å². The minimum atomic E-state index is 0.126. The summed E-state index contributed by atoms with van der Waals surface area (Å²) in [5.41, 5.74) is 4.40. The topological polar surface area (TPSA) is 46.4 Å². The second kappa shape index (κ2) is 4.12. The minimum Gasteiger partial charge on any atom is -0.350 e. The van der Waals surface area contributed by atoms with Gasteiger partial charge < -0.3 is 9.72 Å². The van der Waals surface area contributed by atoms with Gasteiger partial charge >= 0.3 is 0 Å². The fraction of sp³-hybridized carbons (Fsp3) is 0.429. The number of carbonyl (C=O) groups excluding carboxylic acids is 1. The second-order valence-corrected chi connectivity index (χ2v) is 4.96. The summed E-state index contributed by atoms with van der Waals surface area (Å²) in [4.78, 5) is 16.3. The van der Waals surface area contributed by atoms with Crippen molar-refractivity contribution in [2.24, 2.45) is 0 Å². The van der Waals surface area contributed by atoms with E-state index in [-0.39, 0.29) is 11.8 Å². The highest BCUT2D eigenvalue weighted by molar-refractivity contribution is 5.77. The molecule has 0 fully saturated rings. The predicted octanol–water partition coefficient (Wildman–Crippen LogP) is 2.16. The number of hydrogen-bond acceptors (Lipinski definition) is 2. The molecular weight excluding hydrogens is 226 g/mol. The number of hydrogen-bond donors (Lipinski definition) is 1. The van der Waals surface area contributed by atoms with Gasteiger partial charge in [0.2, 0.25) is 5.91 Å². The summed E-state index contributed by atoms with van der Waals surface area (Å²) in [7, 11) is 0. The molecule has 1 N–H and O–H groups in total. The Morgan fingerprint density at radius 2 is 2.39 bits per heavy atom. The number of aromatic nitrogens is 2. The lowest BCUT2D eigenvalue weighted by atomic mass is 9.97. The molecule has 0 unspecified atom stereocenters. The summed E-state index contributed by atoms with van der Waals surface area (Å²) in [6.07, 6.45) is 3.59. The molecule has 0 saturated heterocycles. The highest BCUT2D eigenvalue weighted by Crippen LogP contribution is 2.29. The van der Waals surface area contributed by atoms with Crippen molar-refractivity contribution in [2.45, 2.75) is 39.2 Å². The molecule has 0 aliphatic carbocycles. The highest BCUT2D eigenvalue weighted by atomic mass is 16.1. The molecule has 4 heteroatoms. The summed E-state index contributed by atoms with van der Waals surface area (Å²) in [6.45, 7) is 4.74. The number of aryl methyl sites for hydroxylation is 1. The van der Waals surface area contributed by atoms with Gasteiger partial charge in [0.25, 0.3) is 0 Å². The lowest BCUT2D eigenvalue weighted by molar-refractivity contribution is -0.121. The number of nitrogens with zero attached hydrogens (tertiary/aromatic N) is 2. The van der Waals surface area contributed by atoms with E-state index >= 15 is 0 Å². The molecule has 3 heterocycles. The first-order chi connectivity index (χ1) is 8.69. The van der Waals surface area contributed by atoms with Gasteiger partial charge in [0.15, 0.2) is 0 Å². The summed E-state index contributed by atoms with van der Waals surface area (Å²) in [5.74, 6) is 0.390. The van der Waals surface area contributed by atoms with Crippen LogP contribution in [0.3, 0.4) is 0 Å². The summed E-state index contributed by atoms with van der Waals surface area (Å²) in [6, 6.07) is 4.17. The molecule has 3 rings (SSSR count). The Morgan fingerprint density at radius 1 is 1.56 bits per heavy atom. The number of amides is 1. The van der Waals surface area contributed by atoms with Crippen LogP contribution in [0.2, 0.25) is 0 Å². The fourth-order valence-electron chi connectivity index (χ4n) is 2.69. The molecule has 2 aromatic heterocycles. The highest BCUT2D eigenvalue weighted by Gasteiger charge is 2.25. The van der Waals surface area contributed by atoms with Crippen LogP contribution in [0.4, 0.5) is 0 Å². The minimum absolute atomic E-state index is 0.126. The molecule has 0 aromatic carbocycles. The van der Waals surface area contributed by atoms with Crippen LogP contribution in [-0.4, -0.2) is 15.3 Å². The quantitative estimate of drug-likeness (QED) is 0.834. The number of nitrogens with one attached hydrogen (secondary N) is 1. The van der Waals surface area contributed by atoms with E-state index in [0.717, 1.165) is 17.8 Å². The van der Waals surface area contributed by atoms with Crippen LogP contribution >= 0.6 is 0 Å². The zero-order valence-corrected chi connectivity index (χ0v) is 10.7. The van der Waals surface area contributed by atoms with Crippen LogP contribution in [0.15, 0.2) is 18.3 Å². The molecule has 0 radical (unpaired) electrons. The van der Waals surface area contributed by atoms with Crippen LogP contribution in [-0.2, 0) is 11.3 Å². The molecule has 0 bridgehead atoms. The maximum atomic E-state index is 11.7. The third-order valence-corrected chi connectivity index (χ3v) is 3.66. The Kier molecular flexibility index (Phi) is 2.58. The average molecular weight is 243 g/mol. The monoisotopic (exact) mass is 243 g/mol. The smallest absolute Gasteiger partial charge is 0.220 e. The SMILES string of the molecule is CC[C@H]1CC(=O)NCc2nc3cc(C)ccn3c21. The fourth-order valence-corrected chi connectivity index (χ4v) is 2.69. The zero-order valence-electron chi connectivity index (χ0n) is 10.7. The maximum absolute atomic E-state index is 11.7. The van der Waals surface area contributed by atoms with Crippen molar-refractivity contribution in [2.75, 3.05) is 0 Å². The molecule has 1 aliphatic rings. The van der Waals surface area contributed by atoms with Crippen LogP contribution in [0.5, 0.6) is 0 Å². The van der Waals surface area contributed by atoms with Crippen LogP contribution in [0.1, 0.15) is 42.6 Å². The molecule has 0 saturated carbocycles. The van der Waals surface area contributed by atoms with Crippen molar-refractivity contribution >= 4 is 11.6 Å². The van der Waals surface area contributed by atoms with Crippen LogP contribution in [0, 0.1) is 6.92 Å². The van der Waals surface area contributed by atoms with Gasteiger partial charge in [-0.3, -0.25) is 4.79 Å². The first-order valence-electron chi connectivity index (χ1n) is 6.43. The maximum Gasteiger partial charge on any atom is 0.220 e. The van der Waals surface area contributed by atoms with E-state index in [2.05, 4.69) is 46.9 Å². The summed E-state index contributed by atoms with van der Waals surface area (Å²) >= 11 is 0. The van der Waals surface area contributed by atoms with Crippen molar-refractivity contribution in [3.05, 3.63) is 35.3 Å². The predicted molar refractivity (Wildman–Crippen MR) is 69.4 cm³/mol. The van der Waals surface area contributed by atoms with E-state index in [1.165, 1.54) is 11.3 Å². The standard InChI is InChI=1S/C14H17N3O/c1-3-10-7-13(18)15-8-11-14(10)17-5-4-9(2)6-12(17)16-11/h4-6,10H,3,7-8H2,1-2H3,(H,15,18)/t10-/m0/s1. The van der Waals surface area contributed by atoms with Crippen molar-refractivity contribution in [3.63, 3.8) is 0 Å². The Bertz CT molecular complexity index is 615. The molecule has 1 amide bonds. The molecule has 4 nitrogen and oxygen atoms in total. The van der Waals surface area contributed by atoms with E-state index in [9.17, 15) is 4.79 Å². The molecular formula is C14H17N3O. The normalized spacial score (nSPS) is 19.4. The van der Waals surface area contributed by atoms with E-state index in [0.29, 0.717) is 13.0 Å². The molecule has 1 aliphatic heterocycles. The first kappa shape index (κ1) is 11.3. The lowest BCUT2D eigenvalue weighted by Crippen LogP contribution is -2.21. The van der Waals surface area contributed by atoms with Crippen LogP contribution in [0.25, 0.3) is 5.65 Å². The van der Waals surface area contributed by atoms with Crippen LogP contribution < -0.4 is 5.32 Å². The molecule has 94 valence electrons. The van der Waals surface area contributed by atoms with E-state index in [1.54, 1.807) is 0 Å². The summed E-state index contributed by atoms with van der Waals surface area (Å²) in [5, 5.41) is 2.93. The van der Waals surface area contributed by atoms with E-state index in [1.807, 2.05) is 0 Å². The number of pyridine rings is 1. The Balaban J connectivity index is 2.22. The van der Waals surface area contributed by atoms with Gasteiger partial charge in [-0.1, -0.05) is 6.92 Å². The van der Waals surface area contributed by atoms with Gasteiger partial charge in [-0.2, -0.15) is 0 Å². The molecule has 2 aromatic rings. The van der Waals surface area contributed by atoms with Crippen molar-refractivity contribution in [3.8, 4) is 0 Å². The number of rotatable bonds is 1. The van der Waals surface area contributed by atoms with Gasteiger partial charge in [0, 0.05) is 18.5 Å². The molecule has 0 spiro atoms. The Hall–Kier alpha value is -1.84. The van der Waals surface area contributed by atoms with Gasteiger partial charge in [-0.15, -0.1) is 0 Å². The van der Waals surface area contributed by atoms with Gasteiger partial charge in [0.1, 0.15) is 5.65 Å². The Labute approximate surface area is 106 Å². The van der Waals surface area contributed by atoms with E-state index in [4.69, 9.17) is 0 Å². The second-order valence-electron chi connectivity index (χ2n) is 4.96. The summed E-state index contributed by atoms with van der Waals surface area (Å²) < 4.78 is 2.14. The van der Waals surface area contributed by atoms with Crippen molar-refractivity contribution in [1.82, 2.24) is 14.7 Å². The van der Waals surface area contributed by atoms with E-state index < -0.39 is 0 Å². The lowest BCUT2D eigenvalue weighted by Gasteiger charge is -2.12. The zero-order chi connectivity index (χ0) is 12.7. The third-order valence-electron chi connectivity index (χ3n) is 3.66. The third kappa shape index (κ3) is 1.68. The largest absolute Gasteiger partial charge is 0.350 e. The number of imidazole rings is 1. The van der Waals surface area contributed by atoms with Gasteiger partial charge in [-0.05, 0) is 31.0 Å². The Morgan fingerprint density at radius 3 is 3.17 bits per heavy atom. The number of carbonyl (C=O) groups is 1. The van der Waals surface area contributed by atoms with Gasteiger partial charge in [0.05, 0.1) is 17.9 Å². The molecule has 18 heavy (non-hydrogen) atoms.